The predicted molar refractivity (Wildman–Crippen MR) is 68.8 cm³/mol. The molecule has 0 saturated carbocycles. The molecule has 108 valence electrons. The molecule has 1 amide bonds. The average Bonchev–Trinajstić information content (AvgIpc) is 2.46. The van der Waals surface area contributed by atoms with Gasteiger partial charge in [0, 0.05) is 26.2 Å². The summed E-state index contributed by atoms with van der Waals surface area (Å²) >= 11 is 0. The van der Waals surface area contributed by atoms with E-state index in [4.69, 9.17) is 5.11 Å². The first-order valence-corrected chi connectivity index (χ1v) is 6.36. The van der Waals surface area contributed by atoms with E-state index in [0.29, 0.717) is 26.2 Å². The summed E-state index contributed by atoms with van der Waals surface area (Å²) in [7, 11) is 0. The highest BCUT2D eigenvalue weighted by molar-refractivity contribution is 5.92. The van der Waals surface area contributed by atoms with Gasteiger partial charge in [-0.25, -0.2) is 9.37 Å². The molecule has 1 saturated heterocycles. The number of carbonyl (C=O) groups excluding carboxylic acids is 1. The van der Waals surface area contributed by atoms with Gasteiger partial charge in [0.25, 0.3) is 5.91 Å². The molecule has 6 nitrogen and oxygen atoms in total. The van der Waals surface area contributed by atoms with E-state index in [1.165, 1.54) is 12.1 Å². The highest BCUT2D eigenvalue weighted by Gasteiger charge is 2.27. The van der Waals surface area contributed by atoms with Gasteiger partial charge in [0.05, 0.1) is 6.20 Å². The van der Waals surface area contributed by atoms with Crippen LogP contribution in [0.5, 0.6) is 0 Å². The minimum absolute atomic E-state index is 0.200. The van der Waals surface area contributed by atoms with Crippen molar-refractivity contribution in [1.82, 2.24) is 14.8 Å². The first-order chi connectivity index (χ1) is 9.49. The normalized spacial score (nSPS) is 17.8. The number of rotatable bonds is 3. The second-order valence-corrected chi connectivity index (χ2v) is 4.70. The molecule has 2 heterocycles. The molecule has 2 rings (SSSR count). The van der Waals surface area contributed by atoms with Gasteiger partial charge in [0.15, 0.2) is 0 Å². The zero-order valence-electron chi connectivity index (χ0n) is 11.1. The zero-order valence-corrected chi connectivity index (χ0v) is 11.1. The van der Waals surface area contributed by atoms with Crippen LogP contribution in [0.15, 0.2) is 18.3 Å². The minimum Gasteiger partial charge on any atom is -0.480 e. The van der Waals surface area contributed by atoms with Gasteiger partial charge in [-0.3, -0.25) is 14.5 Å². The van der Waals surface area contributed by atoms with Crippen molar-refractivity contribution in [2.24, 2.45) is 0 Å². The molecule has 7 heteroatoms. The Labute approximate surface area is 115 Å². The molecule has 20 heavy (non-hydrogen) atoms. The summed E-state index contributed by atoms with van der Waals surface area (Å²) in [6.45, 7) is 3.51. The highest BCUT2D eigenvalue weighted by atomic mass is 19.1. The maximum absolute atomic E-state index is 12.8. The van der Waals surface area contributed by atoms with Crippen molar-refractivity contribution in [3.05, 3.63) is 29.8 Å². The lowest BCUT2D eigenvalue weighted by Gasteiger charge is -2.36. The molecular weight excluding hydrogens is 265 g/mol. The van der Waals surface area contributed by atoms with Gasteiger partial charge in [-0.05, 0) is 19.1 Å². The van der Waals surface area contributed by atoms with Crippen LogP contribution in [-0.2, 0) is 4.79 Å². The van der Waals surface area contributed by atoms with Crippen LogP contribution in [-0.4, -0.2) is 64.0 Å². The Morgan fingerprint density at radius 3 is 2.45 bits per heavy atom. The van der Waals surface area contributed by atoms with Crippen molar-refractivity contribution in [2.75, 3.05) is 26.2 Å². The number of carboxylic acids is 1. The Balaban J connectivity index is 1.95. The number of amides is 1. The topological polar surface area (TPSA) is 73.7 Å². The third kappa shape index (κ3) is 3.11. The van der Waals surface area contributed by atoms with Gasteiger partial charge in [-0.1, -0.05) is 0 Å². The van der Waals surface area contributed by atoms with Crippen LogP contribution in [0.2, 0.25) is 0 Å². The molecule has 1 aromatic rings. The first-order valence-electron chi connectivity index (χ1n) is 6.36. The number of nitrogens with zero attached hydrogens (tertiary/aromatic N) is 3. The molecule has 1 aliphatic heterocycles. The molecule has 0 radical (unpaired) electrons. The molecule has 0 bridgehead atoms. The SMILES string of the molecule is CC(C(=O)O)N1CCN(C(=O)c2ccc(F)cn2)CC1. The Morgan fingerprint density at radius 1 is 1.30 bits per heavy atom. The lowest BCUT2D eigenvalue weighted by Crippen LogP contribution is -2.53. The number of carboxylic acid groups (broad SMARTS) is 1. The molecule has 1 unspecified atom stereocenters. The fourth-order valence-electron chi connectivity index (χ4n) is 2.13. The zero-order chi connectivity index (χ0) is 14.7. The van der Waals surface area contributed by atoms with Gasteiger partial charge in [0.1, 0.15) is 17.6 Å². The van der Waals surface area contributed by atoms with E-state index in [1.807, 2.05) is 4.90 Å². The maximum atomic E-state index is 12.8. The van der Waals surface area contributed by atoms with Gasteiger partial charge in [-0.2, -0.15) is 0 Å². The van der Waals surface area contributed by atoms with Crippen LogP contribution in [0, 0.1) is 5.82 Å². The van der Waals surface area contributed by atoms with Gasteiger partial charge in [0.2, 0.25) is 0 Å². The molecule has 0 aromatic carbocycles. The molecule has 1 atom stereocenters. The molecule has 1 aliphatic rings. The highest BCUT2D eigenvalue weighted by Crippen LogP contribution is 2.10. The lowest BCUT2D eigenvalue weighted by atomic mass is 10.2. The third-order valence-electron chi connectivity index (χ3n) is 3.45. The number of carbonyl (C=O) groups is 2. The van der Waals surface area contributed by atoms with Crippen LogP contribution >= 0.6 is 0 Å². The second-order valence-electron chi connectivity index (χ2n) is 4.70. The minimum atomic E-state index is -0.870. The fraction of sp³-hybridized carbons (Fsp3) is 0.462. The van der Waals surface area contributed by atoms with Gasteiger partial charge < -0.3 is 10.0 Å². The Kier molecular flexibility index (Phi) is 4.29. The molecule has 0 aliphatic carbocycles. The lowest BCUT2D eigenvalue weighted by molar-refractivity contribution is -0.143. The van der Waals surface area contributed by atoms with Crippen molar-refractivity contribution in [1.29, 1.82) is 0 Å². The van der Waals surface area contributed by atoms with Crippen molar-refractivity contribution >= 4 is 11.9 Å². The number of halogens is 1. The average molecular weight is 281 g/mol. The van der Waals surface area contributed by atoms with E-state index in [2.05, 4.69) is 4.98 Å². The first kappa shape index (κ1) is 14.4. The van der Waals surface area contributed by atoms with E-state index in [-0.39, 0.29) is 11.6 Å². The van der Waals surface area contributed by atoms with Crippen LogP contribution in [0.3, 0.4) is 0 Å². The van der Waals surface area contributed by atoms with Gasteiger partial charge >= 0.3 is 5.97 Å². The number of aliphatic carboxylic acids is 1. The molecule has 1 N–H and O–H groups in total. The largest absolute Gasteiger partial charge is 0.480 e. The summed E-state index contributed by atoms with van der Waals surface area (Å²) < 4.78 is 12.8. The third-order valence-corrected chi connectivity index (χ3v) is 3.45. The molecule has 1 aromatic heterocycles. The van der Waals surface area contributed by atoms with Crippen LogP contribution in [0.1, 0.15) is 17.4 Å². The number of aromatic nitrogens is 1. The Bertz CT molecular complexity index is 498. The van der Waals surface area contributed by atoms with Crippen molar-refractivity contribution in [2.45, 2.75) is 13.0 Å². The van der Waals surface area contributed by atoms with Crippen LogP contribution < -0.4 is 0 Å². The van der Waals surface area contributed by atoms with E-state index in [1.54, 1.807) is 11.8 Å². The summed E-state index contributed by atoms with van der Waals surface area (Å²) in [5.74, 6) is -1.61. The summed E-state index contributed by atoms with van der Waals surface area (Å²) in [4.78, 5) is 30.2. The number of hydrogen-bond acceptors (Lipinski definition) is 4. The van der Waals surface area contributed by atoms with E-state index < -0.39 is 17.8 Å². The standard InChI is InChI=1S/C13H16FN3O3/c1-9(13(19)20)16-4-6-17(7-5-16)12(18)11-3-2-10(14)8-15-11/h2-3,8-9H,4-7H2,1H3,(H,19,20). The Hall–Kier alpha value is -2.02. The van der Waals surface area contributed by atoms with Crippen molar-refractivity contribution < 1.29 is 19.1 Å². The van der Waals surface area contributed by atoms with Crippen LogP contribution in [0.4, 0.5) is 4.39 Å². The summed E-state index contributed by atoms with van der Waals surface area (Å²) in [6, 6.07) is 1.99. The molecule has 1 fully saturated rings. The van der Waals surface area contributed by atoms with Gasteiger partial charge in [-0.15, -0.1) is 0 Å². The molecule has 0 spiro atoms. The number of hydrogen-bond donors (Lipinski definition) is 1. The summed E-state index contributed by atoms with van der Waals surface area (Å²) in [6.07, 6.45) is 1.01. The predicted octanol–water partition coefficient (Wildman–Crippen LogP) is 0.452. The van der Waals surface area contributed by atoms with Crippen molar-refractivity contribution in [3.8, 4) is 0 Å². The number of piperazine rings is 1. The summed E-state index contributed by atoms with van der Waals surface area (Å²) in [5, 5.41) is 8.95. The second kappa shape index (κ2) is 5.96. The summed E-state index contributed by atoms with van der Waals surface area (Å²) in [5.41, 5.74) is 0.200. The van der Waals surface area contributed by atoms with Crippen LogP contribution in [0.25, 0.3) is 0 Å². The smallest absolute Gasteiger partial charge is 0.320 e. The monoisotopic (exact) mass is 281 g/mol. The molecular formula is C13H16FN3O3. The van der Waals surface area contributed by atoms with Crippen molar-refractivity contribution in [3.63, 3.8) is 0 Å². The van der Waals surface area contributed by atoms with E-state index in [9.17, 15) is 14.0 Å². The Morgan fingerprint density at radius 2 is 1.95 bits per heavy atom. The van der Waals surface area contributed by atoms with E-state index in [0.717, 1.165) is 6.20 Å². The fourth-order valence-corrected chi connectivity index (χ4v) is 2.13. The number of pyridine rings is 1. The quantitative estimate of drug-likeness (QED) is 0.871. The maximum Gasteiger partial charge on any atom is 0.320 e. The van der Waals surface area contributed by atoms with E-state index >= 15 is 0 Å².